The summed E-state index contributed by atoms with van der Waals surface area (Å²) in [4.78, 5) is 28.4. The molecule has 4 rings (SSSR count). The maximum atomic E-state index is 13.5. The highest BCUT2D eigenvalue weighted by Gasteiger charge is 2.48. The van der Waals surface area contributed by atoms with Gasteiger partial charge in [0.25, 0.3) is 11.7 Å². The van der Waals surface area contributed by atoms with E-state index in [4.69, 9.17) is 14.2 Å². The third-order valence-electron chi connectivity index (χ3n) is 6.06. The number of benzene rings is 3. The summed E-state index contributed by atoms with van der Waals surface area (Å²) >= 11 is 0. The van der Waals surface area contributed by atoms with Crippen molar-refractivity contribution in [1.29, 1.82) is 0 Å². The molecule has 1 aliphatic rings. The Hall–Kier alpha value is -4.26. The van der Waals surface area contributed by atoms with E-state index < -0.39 is 17.7 Å². The van der Waals surface area contributed by atoms with Crippen LogP contribution >= 0.6 is 0 Å². The van der Waals surface area contributed by atoms with Crippen LogP contribution in [0.1, 0.15) is 36.1 Å². The molecular formula is C29H29NO6. The van der Waals surface area contributed by atoms with Crippen LogP contribution in [0, 0.1) is 6.92 Å². The lowest BCUT2D eigenvalue weighted by Crippen LogP contribution is -2.29. The summed E-state index contributed by atoms with van der Waals surface area (Å²) in [6.45, 7) is 4.39. The molecule has 1 fully saturated rings. The second-order valence-electron chi connectivity index (χ2n) is 8.46. The molecule has 1 amide bonds. The second kappa shape index (κ2) is 10.6. The predicted molar refractivity (Wildman–Crippen MR) is 138 cm³/mol. The quantitative estimate of drug-likeness (QED) is 0.259. The number of carbonyl (C=O) groups excluding carboxylic acids is 2. The Labute approximate surface area is 210 Å². The number of para-hydroxylation sites is 1. The van der Waals surface area contributed by atoms with Crippen molar-refractivity contribution in [1.82, 2.24) is 0 Å². The molecule has 1 unspecified atom stereocenters. The van der Waals surface area contributed by atoms with E-state index in [9.17, 15) is 14.7 Å². The molecular weight excluding hydrogens is 458 g/mol. The van der Waals surface area contributed by atoms with Crippen LogP contribution in [0.3, 0.4) is 0 Å². The van der Waals surface area contributed by atoms with E-state index in [1.807, 2.05) is 19.9 Å². The van der Waals surface area contributed by atoms with Gasteiger partial charge in [0.15, 0.2) is 0 Å². The third kappa shape index (κ3) is 4.52. The van der Waals surface area contributed by atoms with Crippen LogP contribution in [0.5, 0.6) is 17.2 Å². The first-order chi connectivity index (χ1) is 17.4. The second-order valence-corrected chi connectivity index (χ2v) is 8.46. The highest BCUT2D eigenvalue weighted by molar-refractivity contribution is 6.51. The van der Waals surface area contributed by atoms with Crippen LogP contribution in [-0.4, -0.2) is 37.6 Å². The first-order valence-electron chi connectivity index (χ1n) is 11.7. The number of Topliss-reactive ketones (excluding diaryl/α,β-unsaturated/α-hetero) is 1. The van der Waals surface area contributed by atoms with Gasteiger partial charge in [0, 0.05) is 17.3 Å². The number of ketones is 1. The molecule has 0 saturated carbocycles. The van der Waals surface area contributed by atoms with Gasteiger partial charge >= 0.3 is 0 Å². The maximum Gasteiger partial charge on any atom is 0.300 e. The number of aryl methyl sites for hydroxylation is 1. The van der Waals surface area contributed by atoms with Gasteiger partial charge in [-0.2, -0.15) is 0 Å². The van der Waals surface area contributed by atoms with Gasteiger partial charge in [-0.1, -0.05) is 42.8 Å². The lowest BCUT2D eigenvalue weighted by Gasteiger charge is -2.27. The van der Waals surface area contributed by atoms with E-state index in [0.717, 1.165) is 12.0 Å². The molecule has 7 nitrogen and oxygen atoms in total. The zero-order valence-electron chi connectivity index (χ0n) is 20.8. The van der Waals surface area contributed by atoms with Gasteiger partial charge in [-0.05, 0) is 43.7 Å². The number of ether oxygens (including phenoxy) is 3. The van der Waals surface area contributed by atoms with Crippen LogP contribution in [0.2, 0.25) is 0 Å². The molecule has 0 radical (unpaired) electrons. The largest absolute Gasteiger partial charge is 0.507 e. The molecule has 0 spiro atoms. The molecule has 186 valence electrons. The van der Waals surface area contributed by atoms with Crippen molar-refractivity contribution < 1.29 is 28.9 Å². The minimum absolute atomic E-state index is 0.0479. The van der Waals surface area contributed by atoms with E-state index in [1.54, 1.807) is 60.7 Å². The zero-order valence-corrected chi connectivity index (χ0v) is 20.8. The summed E-state index contributed by atoms with van der Waals surface area (Å²) in [6, 6.07) is 18.5. The molecule has 3 aromatic rings. The summed E-state index contributed by atoms with van der Waals surface area (Å²) in [7, 11) is 3.01. The van der Waals surface area contributed by atoms with E-state index in [-0.39, 0.29) is 11.3 Å². The summed E-state index contributed by atoms with van der Waals surface area (Å²) < 4.78 is 16.8. The number of aliphatic hydroxyl groups is 1. The fraction of sp³-hybridized carbons (Fsp3) is 0.241. The topological polar surface area (TPSA) is 85.3 Å². The minimum Gasteiger partial charge on any atom is -0.507 e. The summed E-state index contributed by atoms with van der Waals surface area (Å²) in [6.07, 6.45) is 0.828. The fourth-order valence-corrected chi connectivity index (χ4v) is 4.38. The van der Waals surface area contributed by atoms with Crippen LogP contribution < -0.4 is 19.1 Å². The number of rotatable bonds is 8. The Morgan fingerprint density at radius 3 is 2.42 bits per heavy atom. The number of methoxy groups -OCH3 is 2. The lowest BCUT2D eigenvalue weighted by molar-refractivity contribution is -0.132. The van der Waals surface area contributed by atoms with E-state index >= 15 is 0 Å². The van der Waals surface area contributed by atoms with E-state index in [1.165, 1.54) is 19.1 Å². The minimum atomic E-state index is -0.937. The van der Waals surface area contributed by atoms with Crippen molar-refractivity contribution in [3.8, 4) is 17.2 Å². The maximum absolute atomic E-state index is 13.5. The van der Waals surface area contributed by atoms with Gasteiger partial charge in [0.2, 0.25) is 0 Å². The molecule has 1 saturated heterocycles. The number of hydrogen-bond acceptors (Lipinski definition) is 6. The zero-order chi connectivity index (χ0) is 25.8. The molecule has 3 aromatic carbocycles. The Morgan fingerprint density at radius 1 is 0.944 bits per heavy atom. The fourth-order valence-electron chi connectivity index (χ4n) is 4.38. The average molecular weight is 488 g/mol. The average Bonchev–Trinajstić information content (AvgIpc) is 3.17. The van der Waals surface area contributed by atoms with Crippen molar-refractivity contribution in [3.05, 3.63) is 89.0 Å². The Bertz CT molecular complexity index is 1330. The number of carbonyl (C=O) groups is 2. The molecule has 1 N–H and O–H groups in total. The number of amides is 1. The molecule has 0 aromatic heterocycles. The van der Waals surface area contributed by atoms with E-state index in [2.05, 4.69) is 0 Å². The first-order valence-corrected chi connectivity index (χ1v) is 11.7. The van der Waals surface area contributed by atoms with Crippen LogP contribution in [0.25, 0.3) is 5.76 Å². The number of aliphatic hydroxyl groups excluding tert-OH is 1. The SMILES string of the molecule is CCCOc1cccc(N2C(=O)C(=O)/C(=C(/O)c3cc(C)ccc3OC)C2c2ccccc2OC)c1. The molecule has 36 heavy (non-hydrogen) atoms. The molecule has 1 heterocycles. The number of hydrogen-bond donors (Lipinski definition) is 1. The van der Waals surface area contributed by atoms with Crippen molar-refractivity contribution in [2.45, 2.75) is 26.3 Å². The predicted octanol–water partition coefficient (Wildman–Crippen LogP) is 5.43. The monoisotopic (exact) mass is 487 g/mol. The van der Waals surface area contributed by atoms with E-state index in [0.29, 0.717) is 40.7 Å². The van der Waals surface area contributed by atoms with Gasteiger partial charge in [0.05, 0.1) is 38.0 Å². The van der Waals surface area contributed by atoms with Crippen LogP contribution in [-0.2, 0) is 9.59 Å². The van der Waals surface area contributed by atoms with Gasteiger partial charge in [-0.25, -0.2) is 0 Å². The highest BCUT2D eigenvalue weighted by Crippen LogP contribution is 2.46. The van der Waals surface area contributed by atoms with Crippen molar-refractivity contribution in [3.63, 3.8) is 0 Å². The summed E-state index contributed by atoms with van der Waals surface area (Å²) in [5.41, 5.74) is 2.18. The Balaban J connectivity index is 1.97. The number of nitrogens with zero attached hydrogens (tertiary/aromatic N) is 1. The standard InChI is InChI=1S/C29H29NO6/c1-5-15-36-20-10-8-9-19(17-20)30-26(21-11-6-7-12-23(21)34-3)25(28(32)29(30)33)27(31)22-16-18(2)13-14-24(22)35-4/h6-14,16-17,26,31H,5,15H2,1-4H3/b27-25+. The lowest BCUT2D eigenvalue weighted by atomic mass is 9.93. The molecule has 1 atom stereocenters. The van der Waals surface area contributed by atoms with Gasteiger partial charge in [-0.15, -0.1) is 0 Å². The number of anilines is 1. The smallest absolute Gasteiger partial charge is 0.300 e. The van der Waals surface area contributed by atoms with Crippen molar-refractivity contribution in [2.24, 2.45) is 0 Å². The Kier molecular flexibility index (Phi) is 7.29. The summed E-state index contributed by atoms with van der Waals surface area (Å²) in [5, 5.41) is 11.5. The molecule has 0 aliphatic carbocycles. The molecule has 0 bridgehead atoms. The normalized spacial score (nSPS) is 16.8. The van der Waals surface area contributed by atoms with Crippen molar-refractivity contribution >= 4 is 23.1 Å². The van der Waals surface area contributed by atoms with Gasteiger partial charge < -0.3 is 19.3 Å². The van der Waals surface area contributed by atoms with Gasteiger partial charge in [-0.3, -0.25) is 14.5 Å². The van der Waals surface area contributed by atoms with Crippen LogP contribution in [0.4, 0.5) is 5.69 Å². The molecule has 1 aliphatic heterocycles. The first kappa shape index (κ1) is 24.9. The third-order valence-corrected chi connectivity index (χ3v) is 6.06. The van der Waals surface area contributed by atoms with Crippen LogP contribution in [0.15, 0.2) is 72.3 Å². The van der Waals surface area contributed by atoms with Crippen molar-refractivity contribution in [2.75, 3.05) is 25.7 Å². The molecule has 7 heteroatoms. The Morgan fingerprint density at radius 2 is 1.69 bits per heavy atom. The highest BCUT2D eigenvalue weighted by atomic mass is 16.5. The van der Waals surface area contributed by atoms with Gasteiger partial charge in [0.1, 0.15) is 23.0 Å². The summed E-state index contributed by atoms with van der Waals surface area (Å²) in [5.74, 6) is -0.424.